The average Bonchev–Trinajstić information content (AvgIpc) is 3.03. The van der Waals surface area contributed by atoms with Gasteiger partial charge in [-0.15, -0.1) is 11.3 Å². The molecule has 1 atom stereocenters. The molecule has 1 aliphatic rings. The fourth-order valence-corrected chi connectivity index (χ4v) is 5.68. The minimum absolute atomic E-state index is 0.113. The molecule has 1 aromatic heterocycles. The molecule has 31 heavy (non-hydrogen) atoms. The molecule has 1 aliphatic carbocycles. The first-order valence-corrected chi connectivity index (χ1v) is 11.5. The Balaban J connectivity index is 1.81. The van der Waals surface area contributed by atoms with Gasteiger partial charge >= 0.3 is 0 Å². The molecule has 0 saturated heterocycles. The minimum Gasteiger partial charge on any atom is -0.496 e. The Kier molecular flexibility index (Phi) is 6.71. The molecule has 0 aliphatic heterocycles. The molecule has 166 valence electrons. The van der Waals surface area contributed by atoms with Crippen LogP contribution in [0.3, 0.4) is 0 Å². The van der Waals surface area contributed by atoms with Crippen LogP contribution in [0.4, 0.5) is 5.00 Å². The second-order valence-corrected chi connectivity index (χ2v) is 10.5. The Morgan fingerprint density at radius 2 is 2.00 bits per heavy atom. The maximum atomic E-state index is 12.7. The van der Waals surface area contributed by atoms with Crippen LogP contribution in [-0.4, -0.2) is 24.0 Å². The molecule has 0 radical (unpaired) electrons. The molecule has 3 rings (SSSR count). The number of amides is 2. The van der Waals surface area contributed by atoms with Gasteiger partial charge in [0.15, 0.2) is 5.11 Å². The van der Waals surface area contributed by atoms with E-state index in [1.807, 2.05) is 13.0 Å². The van der Waals surface area contributed by atoms with Gasteiger partial charge in [-0.25, -0.2) is 0 Å². The van der Waals surface area contributed by atoms with E-state index in [-0.39, 0.29) is 16.4 Å². The van der Waals surface area contributed by atoms with Crippen molar-refractivity contribution in [3.63, 3.8) is 0 Å². The Morgan fingerprint density at radius 3 is 2.61 bits per heavy atom. The molecular formula is C23H29N3O3S2. The number of primary amides is 1. The van der Waals surface area contributed by atoms with Crippen molar-refractivity contribution in [3.05, 3.63) is 45.3 Å². The molecule has 1 aromatic carbocycles. The Labute approximate surface area is 192 Å². The van der Waals surface area contributed by atoms with Gasteiger partial charge in [0.1, 0.15) is 10.8 Å². The maximum absolute atomic E-state index is 12.7. The molecule has 2 amide bonds. The maximum Gasteiger partial charge on any atom is 0.261 e. The lowest BCUT2D eigenvalue weighted by Crippen LogP contribution is -2.34. The summed E-state index contributed by atoms with van der Waals surface area (Å²) in [5, 5.41) is 6.42. The van der Waals surface area contributed by atoms with Crippen molar-refractivity contribution in [3.8, 4) is 5.75 Å². The zero-order chi connectivity index (χ0) is 22.9. The molecule has 1 unspecified atom stereocenters. The van der Waals surface area contributed by atoms with E-state index in [0.717, 1.165) is 35.3 Å². The topological polar surface area (TPSA) is 93.4 Å². The van der Waals surface area contributed by atoms with Crippen LogP contribution in [0.1, 0.15) is 63.9 Å². The van der Waals surface area contributed by atoms with Gasteiger partial charge in [0, 0.05) is 4.88 Å². The van der Waals surface area contributed by atoms with Gasteiger partial charge in [-0.2, -0.15) is 0 Å². The molecule has 4 N–H and O–H groups in total. The Hall–Kier alpha value is -2.45. The number of carbonyl (C=O) groups is 2. The third-order valence-corrected chi connectivity index (χ3v) is 7.23. The van der Waals surface area contributed by atoms with E-state index in [4.69, 9.17) is 22.7 Å². The number of carbonyl (C=O) groups excluding carboxylic acids is 2. The number of benzene rings is 1. The van der Waals surface area contributed by atoms with Gasteiger partial charge in [0.05, 0.1) is 18.2 Å². The highest BCUT2D eigenvalue weighted by atomic mass is 32.1. The summed E-state index contributed by atoms with van der Waals surface area (Å²) in [6.07, 6.45) is 2.74. The number of rotatable bonds is 4. The van der Waals surface area contributed by atoms with Crippen LogP contribution in [0.25, 0.3) is 0 Å². The molecular weight excluding hydrogens is 430 g/mol. The largest absolute Gasteiger partial charge is 0.496 e. The average molecular weight is 460 g/mol. The van der Waals surface area contributed by atoms with Gasteiger partial charge in [0.25, 0.3) is 11.8 Å². The van der Waals surface area contributed by atoms with E-state index in [1.165, 1.54) is 18.4 Å². The first-order valence-electron chi connectivity index (χ1n) is 10.2. The molecule has 1 heterocycles. The number of anilines is 1. The first kappa shape index (κ1) is 23.2. The van der Waals surface area contributed by atoms with Gasteiger partial charge in [-0.3, -0.25) is 14.9 Å². The highest BCUT2D eigenvalue weighted by Crippen LogP contribution is 2.44. The third-order valence-electron chi connectivity index (χ3n) is 5.85. The number of thiocarbonyl (C=S) groups is 1. The minimum atomic E-state index is -0.483. The SMILES string of the molecule is COc1c(C)cccc1C(=O)NC(=S)Nc1sc2c(c1C(N)=O)CCC(C(C)(C)C)C2. The van der Waals surface area contributed by atoms with Crippen LogP contribution in [0.15, 0.2) is 18.2 Å². The monoisotopic (exact) mass is 459 g/mol. The van der Waals surface area contributed by atoms with Gasteiger partial charge < -0.3 is 15.8 Å². The van der Waals surface area contributed by atoms with Crippen molar-refractivity contribution in [2.45, 2.75) is 47.0 Å². The van der Waals surface area contributed by atoms with Crippen molar-refractivity contribution >= 4 is 45.5 Å². The second-order valence-electron chi connectivity index (χ2n) is 8.94. The summed E-state index contributed by atoms with van der Waals surface area (Å²) >= 11 is 6.86. The number of hydrogen-bond acceptors (Lipinski definition) is 5. The molecule has 2 aromatic rings. The van der Waals surface area contributed by atoms with Gasteiger partial charge in [0.2, 0.25) is 0 Å². The van der Waals surface area contributed by atoms with E-state index in [0.29, 0.717) is 27.8 Å². The summed E-state index contributed by atoms with van der Waals surface area (Å²) < 4.78 is 5.36. The smallest absolute Gasteiger partial charge is 0.261 e. The Morgan fingerprint density at radius 1 is 1.29 bits per heavy atom. The van der Waals surface area contributed by atoms with Crippen molar-refractivity contribution in [2.24, 2.45) is 17.1 Å². The normalized spacial score (nSPS) is 15.7. The van der Waals surface area contributed by atoms with Crippen LogP contribution in [0.2, 0.25) is 0 Å². The highest BCUT2D eigenvalue weighted by Gasteiger charge is 2.33. The van der Waals surface area contributed by atoms with Gasteiger partial charge in [-0.1, -0.05) is 32.9 Å². The van der Waals surface area contributed by atoms with Crippen molar-refractivity contribution < 1.29 is 14.3 Å². The van der Waals surface area contributed by atoms with Gasteiger partial charge in [-0.05, 0) is 66.9 Å². The number of thiophene rings is 1. The zero-order valence-corrected chi connectivity index (χ0v) is 20.2. The zero-order valence-electron chi connectivity index (χ0n) is 18.5. The molecule has 6 nitrogen and oxygen atoms in total. The van der Waals surface area contributed by atoms with E-state index in [2.05, 4.69) is 31.4 Å². The molecule has 0 spiro atoms. The lowest BCUT2D eigenvalue weighted by atomic mass is 9.72. The predicted molar refractivity (Wildman–Crippen MR) is 129 cm³/mol. The number of para-hydroxylation sites is 1. The van der Waals surface area contributed by atoms with Crippen LogP contribution in [0, 0.1) is 18.3 Å². The number of nitrogens with one attached hydrogen (secondary N) is 2. The van der Waals surface area contributed by atoms with Crippen LogP contribution < -0.4 is 21.1 Å². The van der Waals surface area contributed by atoms with Crippen molar-refractivity contribution in [1.82, 2.24) is 5.32 Å². The summed E-state index contributed by atoms with van der Waals surface area (Å²) in [6.45, 7) is 8.60. The fraction of sp³-hybridized carbons (Fsp3) is 0.435. The first-order chi connectivity index (χ1) is 14.5. The van der Waals surface area contributed by atoms with E-state index < -0.39 is 5.91 Å². The second kappa shape index (κ2) is 8.96. The van der Waals surface area contributed by atoms with Crippen molar-refractivity contribution in [1.29, 1.82) is 0 Å². The summed E-state index contributed by atoms with van der Waals surface area (Å²) in [5.74, 6) is 0.171. The number of methoxy groups -OCH3 is 1. The van der Waals surface area contributed by atoms with Crippen LogP contribution in [-0.2, 0) is 12.8 Å². The molecule has 8 heteroatoms. The summed E-state index contributed by atoms with van der Waals surface area (Å²) in [4.78, 5) is 26.1. The lowest BCUT2D eigenvalue weighted by molar-refractivity contribution is 0.0972. The standard InChI is InChI=1S/C23H29N3O3S2/c1-12-7-6-8-15(18(12)29-5)20(28)25-22(30)26-21-17(19(24)27)14-10-9-13(23(2,3)4)11-16(14)31-21/h6-8,13H,9-11H2,1-5H3,(H2,24,27)(H2,25,26,28,30). The number of fused-ring (bicyclic) bond motifs is 1. The fourth-order valence-electron chi connectivity index (χ4n) is 4.08. The quantitative estimate of drug-likeness (QED) is 0.588. The number of hydrogen-bond donors (Lipinski definition) is 3. The Bertz CT molecular complexity index is 1040. The van der Waals surface area contributed by atoms with Crippen molar-refractivity contribution in [2.75, 3.05) is 12.4 Å². The summed E-state index contributed by atoms with van der Waals surface area (Å²) in [7, 11) is 1.52. The summed E-state index contributed by atoms with van der Waals surface area (Å²) in [5.41, 5.74) is 8.63. The van der Waals surface area contributed by atoms with E-state index >= 15 is 0 Å². The molecule has 0 fully saturated rings. The number of aryl methyl sites for hydroxylation is 1. The van der Waals surface area contributed by atoms with Crippen LogP contribution >= 0.6 is 23.6 Å². The lowest BCUT2D eigenvalue weighted by Gasteiger charge is -2.33. The molecule has 0 saturated carbocycles. The number of nitrogens with two attached hydrogens (primary N) is 1. The van der Waals surface area contributed by atoms with E-state index in [9.17, 15) is 9.59 Å². The highest BCUT2D eigenvalue weighted by molar-refractivity contribution is 7.80. The third kappa shape index (κ3) is 4.91. The van der Waals surface area contributed by atoms with E-state index in [1.54, 1.807) is 12.1 Å². The number of ether oxygens (including phenoxy) is 1. The molecule has 0 bridgehead atoms. The van der Waals surface area contributed by atoms with Crippen LogP contribution in [0.5, 0.6) is 5.75 Å². The summed E-state index contributed by atoms with van der Waals surface area (Å²) in [6, 6.07) is 5.33. The predicted octanol–water partition coefficient (Wildman–Crippen LogP) is 4.44.